The van der Waals surface area contributed by atoms with Crippen LogP contribution in [-0.4, -0.2) is 45.5 Å². The second kappa shape index (κ2) is 8.44. The fraction of sp³-hybridized carbons (Fsp3) is 0.917. The van der Waals surface area contributed by atoms with Gasteiger partial charge in [-0.1, -0.05) is 0 Å². The molecule has 2 N–H and O–H groups in total. The van der Waals surface area contributed by atoms with Crippen molar-refractivity contribution in [3.8, 4) is 0 Å². The van der Waals surface area contributed by atoms with E-state index in [1.165, 1.54) is 0 Å². The van der Waals surface area contributed by atoms with Crippen molar-refractivity contribution in [1.29, 1.82) is 0 Å². The van der Waals surface area contributed by atoms with Crippen LogP contribution < -0.4 is 5.73 Å². The van der Waals surface area contributed by atoms with E-state index in [0.29, 0.717) is 26.4 Å². The van der Waals surface area contributed by atoms with Gasteiger partial charge < -0.3 is 19.9 Å². The third-order valence-electron chi connectivity index (χ3n) is 3.01. The SMILES string of the molecule is COCCOCCOC(=O)C1CCC(N)CC1. The fourth-order valence-electron chi connectivity index (χ4n) is 1.92. The first-order valence-electron chi connectivity index (χ1n) is 6.23. The summed E-state index contributed by atoms with van der Waals surface area (Å²) in [6.07, 6.45) is 3.54. The molecule has 0 saturated heterocycles. The molecule has 0 aliphatic heterocycles. The predicted octanol–water partition coefficient (Wildman–Crippen LogP) is 0.710. The van der Waals surface area contributed by atoms with E-state index in [4.69, 9.17) is 19.9 Å². The number of rotatable bonds is 7. The second-order valence-corrected chi connectivity index (χ2v) is 4.38. The first-order chi connectivity index (χ1) is 8.24. The molecule has 5 nitrogen and oxygen atoms in total. The van der Waals surface area contributed by atoms with Gasteiger partial charge in [0, 0.05) is 13.2 Å². The molecular weight excluding hydrogens is 222 g/mol. The van der Waals surface area contributed by atoms with Gasteiger partial charge in [0.15, 0.2) is 0 Å². The van der Waals surface area contributed by atoms with Crippen molar-refractivity contribution in [3.63, 3.8) is 0 Å². The van der Waals surface area contributed by atoms with Gasteiger partial charge in [0.05, 0.1) is 25.7 Å². The molecule has 0 aromatic carbocycles. The number of hydrogen-bond acceptors (Lipinski definition) is 5. The molecule has 0 amide bonds. The Morgan fingerprint density at radius 2 is 1.76 bits per heavy atom. The number of carbonyl (C=O) groups is 1. The molecule has 0 radical (unpaired) electrons. The minimum atomic E-state index is -0.104. The highest BCUT2D eigenvalue weighted by Crippen LogP contribution is 2.24. The Bertz CT molecular complexity index is 215. The second-order valence-electron chi connectivity index (χ2n) is 4.38. The predicted molar refractivity (Wildman–Crippen MR) is 63.6 cm³/mol. The number of ether oxygens (including phenoxy) is 3. The van der Waals surface area contributed by atoms with Crippen molar-refractivity contribution in [2.24, 2.45) is 11.7 Å². The van der Waals surface area contributed by atoms with Crippen LogP contribution in [0.3, 0.4) is 0 Å². The topological polar surface area (TPSA) is 70.8 Å². The van der Waals surface area contributed by atoms with Crippen LogP contribution in [0.5, 0.6) is 0 Å². The summed E-state index contributed by atoms with van der Waals surface area (Å²) in [6, 6.07) is 0.261. The lowest BCUT2D eigenvalue weighted by Crippen LogP contribution is -2.31. The molecule has 0 aromatic rings. The zero-order chi connectivity index (χ0) is 12.5. The van der Waals surface area contributed by atoms with Crippen molar-refractivity contribution in [2.45, 2.75) is 31.7 Å². The van der Waals surface area contributed by atoms with E-state index in [1.54, 1.807) is 7.11 Å². The first kappa shape index (κ1) is 14.4. The summed E-state index contributed by atoms with van der Waals surface area (Å²) >= 11 is 0. The van der Waals surface area contributed by atoms with Gasteiger partial charge in [0.2, 0.25) is 0 Å². The molecule has 100 valence electrons. The number of hydrogen-bond donors (Lipinski definition) is 1. The molecule has 1 fully saturated rings. The maximum absolute atomic E-state index is 11.7. The van der Waals surface area contributed by atoms with E-state index in [9.17, 15) is 4.79 Å². The van der Waals surface area contributed by atoms with Crippen molar-refractivity contribution >= 4 is 5.97 Å². The number of carbonyl (C=O) groups excluding carboxylic acids is 1. The number of esters is 1. The summed E-state index contributed by atoms with van der Waals surface area (Å²) < 4.78 is 15.2. The van der Waals surface area contributed by atoms with Gasteiger partial charge >= 0.3 is 5.97 Å². The Kier molecular flexibility index (Phi) is 7.16. The van der Waals surface area contributed by atoms with Crippen LogP contribution in [0.25, 0.3) is 0 Å². The molecule has 1 aliphatic carbocycles. The average molecular weight is 245 g/mol. The standard InChI is InChI=1S/C12H23NO4/c1-15-6-7-16-8-9-17-12(14)10-2-4-11(13)5-3-10/h10-11H,2-9,13H2,1H3. The van der Waals surface area contributed by atoms with Crippen LogP contribution >= 0.6 is 0 Å². The zero-order valence-electron chi connectivity index (χ0n) is 10.5. The highest BCUT2D eigenvalue weighted by Gasteiger charge is 2.25. The molecule has 0 unspecified atom stereocenters. The molecule has 0 heterocycles. The highest BCUT2D eigenvalue weighted by molar-refractivity contribution is 5.72. The minimum Gasteiger partial charge on any atom is -0.463 e. The molecule has 0 spiro atoms. The van der Waals surface area contributed by atoms with Crippen LogP contribution in [0.4, 0.5) is 0 Å². The van der Waals surface area contributed by atoms with E-state index < -0.39 is 0 Å². The Balaban J connectivity index is 2.01. The monoisotopic (exact) mass is 245 g/mol. The van der Waals surface area contributed by atoms with E-state index >= 15 is 0 Å². The van der Waals surface area contributed by atoms with Gasteiger partial charge in [0.1, 0.15) is 6.61 Å². The van der Waals surface area contributed by atoms with Crippen molar-refractivity contribution in [1.82, 2.24) is 0 Å². The Morgan fingerprint density at radius 3 is 2.41 bits per heavy atom. The molecule has 5 heteroatoms. The quantitative estimate of drug-likeness (QED) is 0.528. The van der Waals surface area contributed by atoms with Crippen LogP contribution in [0.2, 0.25) is 0 Å². The van der Waals surface area contributed by atoms with Crippen LogP contribution in [0, 0.1) is 5.92 Å². The van der Waals surface area contributed by atoms with E-state index in [2.05, 4.69) is 0 Å². The molecule has 0 bridgehead atoms. The normalized spacial score (nSPS) is 24.6. The van der Waals surface area contributed by atoms with Crippen LogP contribution in [-0.2, 0) is 19.0 Å². The number of methoxy groups -OCH3 is 1. The van der Waals surface area contributed by atoms with Gasteiger partial charge in [-0.05, 0) is 25.7 Å². The van der Waals surface area contributed by atoms with E-state index in [1.807, 2.05) is 0 Å². The molecular formula is C12H23NO4. The lowest BCUT2D eigenvalue weighted by molar-refractivity contribution is -0.151. The van der Waals surface area contributed by atoms with E-state index in [0.717, 1.165) is 25.7 Å². The lowest BCUT2D eigenvalue weighted by Gasteiger charge is -2.24. The smallest absolute Gasteiger partial charge is 0.309 e. The first-order valence-corrected chi connectivity index (χ1v) is 6.23. The molecule has 0 aromatic heterocycles. The third-order valence-corrected chi connectivity index (χ3v) is 3.01. The maximum atomic E-state index is 11.7. The van der Waals surface area contributed by atoms with Gasteiger partial charge in [-0.15, -0.1) is 0 Å². The molecule has 1 rings (SSSR count). The summed E-state index contributed by atoms with van der Waals surface area (Å²) in [4.78, 5) is 11.7. The number of nitrogens with two attached hydrogens (primary N) is 1. The summed E-state index contributed by atoms with van der Waals surface area (Å²) in [7, 11) is 1.62. The Morgan fingerprint density at radius 1 is 1.12 bits per heavy atom. The lowest BCUT2D eigenvalue weighted by atomic mass is 9.86. The van der Waals surface area contributed by atoms with Gasteiger partial charge in [-0.3, -0.25) is 4.79 Å². The van der Waals surface area contributed by atoms with Crippen molar-refractivity contribution in [2.75, 3.05) is 33.5 Å². The largest absolute Gasteiger partial charge is 0.463 e. The third kappa shape index (κ3) is 6.00. The van der Waals surface area contributed by atoms with E-state index in [-0.39, 0.29) is 17.9 Å². The average Bonchev–Trinajstić information content (AvgIpc) is 2.34. The van der Waals surface area contributed by atoms with Crippen molar-refractivity contribution in [3.05, 3.63) is 0 Å². The zero-order valence-corrected chi connectivity index (χ0v) is 10.5. The van der Waals surface area contributed by atoms with Crippen LogP contribution in [0.15, 0.2) is 0 Å². The molecule has 17 heavy (non-hydrogen) atoms. The summed E-state index contributed by atoms with van der Waals surface area (Å²) in [5.74, 6) is -0.0685. The molecule has 1 saturated carbocycles. The van der Waals surface area contributed by atoms with Crippen LogP contribution in [0.1, 0.15) is 25.7 Å². The highest BCUT2D eigenvalue weighted by atomic mass is 16.6. The molecule has 1 aliphatic rings. The van der Waals surface area contributed by atoms with Gasteiger partial charge in [-0.25, -0.2) is 0 Å². The van der Waals surface area contributed by atoms with Gasteiger partial charge in [-0.2, -0.15) is 0 Å². The minimum absolute atomic E-state index is 0.0359. The summed E-state index contributed by atoms with van der Waals surface area (Å²) in [5, 5.41) is 0. The maximum Gasteiger partial charge on any atom is 0.309 e. The molecule has 0 atom stereocenters. The van der Waals surface area contributed by atoms with Gasteiger partial charge in [0.25, 0.3) is 0 Å². The van der Waals surface area contributed by atoms with Crippen molar-refractivity contribution < 1.29 is 19.0 Å². The Hall–Kier alpha value is -0.650. The fourth-order valence-corrected chi connectivity index (χ4v) is 1.92. The Labute approximate surface area is 103 Å². The summed E-state index contributed by atoms with van der Waals surface area (Å²) in [6.45, 7) is 1.85. The summed E-state index contributed by atoms with van der Waals surface area (Å²) in [5.41, 5.74) is 5.78.